The van der Waals surface area contributed by atoms with E-state index in [0.717, 1.165) is 11.8 Å². The number of alkyl halides is 1. The van der Waals surface area contributed by atoms with E-state index in [4.69, 9.17) is 0 Å². The lowest BCUT2D eigenvalue weighted by Gasteiger charge is -2.36. The smallest absolute Gasteiger partial charge is 0.00707 e. The Labute approximate surface area is 119 Å². The Morgan fingerprint density at radius 1 is 1.17 bits per heavy atom. The lowest BCUT2D eigenvalue weighted by atomic mass is 9.69. The maximum absolute atomic E-state index is 3.76. The molecule has 0 aliphatic heterocycles. The Bertz CT molecular complexity index is 422. The lowest BCUT2D eigenvalue weighted by molar-refractivity contribution is 0.221. The van der Waals surface area contributed by atoms with Gasteiger partial charge in [0.1, 0.15) is 0 Å². The minimum atomic E-state index is 0.511. The van der Waals surface area contributed by atoms with Gasteiger partial charge in [0.05, 0.1) is 0 Å². The Kier molecular flexibility index (Phi) is 3.09. The molecule has 3 rings (SSSR count). The van der Waals surface area contributed by atoms with Crippen LogP contribution >= 0.6 is 15.9 Å². The standard InChI is InChI=1S/C17H23Br/c1-16(2)15(12-18)17(16)11-7-6-10-14(17)13-8-4-3-5-9-13/h3-5,8-9,14-15H,6-7,10-12H2,1-2H3. The zero-order chi connectivity index (χ0) is 12.8. The minimum Gasteiger partial charge on any atom is -0.0925 e. The van der Waals surface area contributed by atoms with Crippen LogP contribution in [0.15, 0.2) is 30.3 Å². The third kappa shape index (κ3) is 1.56. The second kappa shape index (κ2) is 4.37. The molecule has 0 amide bonds. The minimum absolute atomic E-state index is 0.511. The van der Waals surface area contributed by atoms with E-state index >= 15 is 0 Å². The monoisotopic (exact) mass is 306 g/mol. The highest BCUT2D eigenvalue weighted by molar-refractivity contribution is 9.09. The van der Waals surface area contributed by atoms with E-state index in [1.165, 1.54) is 31.0 Å². The van der Waals surface area contributed by atoms with E-state index in [1.807, 2.05) is 0 Å². The predicted octanol–water partition coefficient (Wildman–Crippen LogP) is 5.38. The van der Waals surface area contributed by atoms with Crippen LogP contribution in [0.3, 0.4) is 0 Å². The molecule has 2 saturated carbocycles. The summed E-state index contributed by atoms with van der Waals surface area (Å²) in [6.07, 6.45) is 5.65. The van der Waals surface area contributed by atoms with Gasteiger partial charge in [-0.1, -0.05) is 73.0 Å². The molecular formula is C17H23Br. The fourth-order valence-corrected chi connectivity index (χ4v) is 6.26. The fourth-order valence-electron chi connectivity index (χ4n) is 4.87. The Morgan fingerprint density at radius 3 is 2.50 bits per heavy atom. The second-order valence-electron chi connectivity index (χ2n) is 6.68. The van der Waals surface area contributed by atoms with Gasteiger partial charge in [-0.3, -0.25) is 0 Å². The van der Waals surface area contributed by atoms with Crippen LogP contribution < -0.4 is 0 Å². The SMILES string of the molecule is CC1(C)C(CBr)C12CCCCC2c1ccccc1. The van der Waals surface area contributed by atoms with Crippen LogP contribution in [0.5, 0.6) is 0 Å². The first-order valence-corrected chi connectivity index (χ1v) is 8.37. The summed E-state index contributed by atoms with van der Waals surface area (Å²) in [5.41, 5.74) is 2.65. The molecule has 1 aromatic carbocycles. The zero-order valence-electron chi connectivity index (χ0n) is 11.5. The predicted molar refractivity (Wildman–Crippen MR) is 81.1 cm³/mol. The summed E-state index contributed by atoms with van der Waals surface area (Å²) in [5, 5.41) is 1.17. The van der Waals surface area contributed by atoms with Crippen LogP contribution in [-0.4, -0.2) is 5.33 Å². The van der Waals surface area contributed by atoms with Crippen LogP contribution in [0.1, 0.15) is 51.0 Å². The molecule has 2 fully saturated rings. The first-order chi connectivity index (χ1) is 8.64. The van der Waals surface area contributed by atoms with Gasteiger partial charge >= 0.3 is 0 Å². The van der Waals surface area contributed by atoms with Crippen molar-refractivity contribution in [1.82, 2.24) is 0 Å². The van der Waals surface area contributed by atoms with Gasteiger partial charge in [-0.15, -0.1) is 0 Å². The number of benzene rings is 1. The van der Waals surface area contributed by atoms with Crippen LogP contribution in [0, 0.1) is 16.7 Å². The van der Waals surface area contributed by atoms with Gasteiger partial charge in [-0.2, -0.15) is 0 Å². The number of halogens is 1. The third-order valence-corrected chi connectivity index (χ3v) is 6.57. The summed E-state index contributed by atoms with van der Waals surface area (Å²) >= 11 is 3.76. The van der Waals surface area contributed by atoms with Crippen molar-refractivity contribution in [3.8, 4) is 0 Å². The molecule has 0 bridgehead atoms. The van der Waals surface area contributed by atoms with Gasteiger partial charge in [0.25, 0.3) is 0 Å². The van der Waals surface area contributed by atoms with Crippen molar-refractivity contribution < 1.29 is 0 Å². The van der Waals surface area contributed by atoms with Crippen molar-refractivity contribution in [2.24, 2.45) is 16.7 Å². The van der Waals surface area contributed by atoms with E-state index in [0.29, 0.717) is 10.8 Å². The van der Waals surface area contributed by atoms with Gasteiger partial charge in [0.2, 0.25) is 0 Å². The van der Waals surface area contributed by atoms with E-state index in [9.17, 15) is 0 Å². The van der Waals surface area contributed by atoms with Crippen molar-refractivity contribution in [3.63, 3.8) is 0 Å². The number of rotatable bonds is 2. The number of hydrogen-bond donors (Lipinski definition) is 0. The molecule has 1 spiro atoms. The van der Waals surface area contributed by atoms with Crippen molar-refractivity contribution in [2.75, 3.05) is 5.33 Å². The highest BCUT2D eigenvalue weighted by Crippen LogP contribution is 2.78. The van der Waals surface area contributed by atoms with Crippen molar-refractivity contribution in [1.29, 1.82) is 0 Å². The van der Waals surface area contributed by atoms with E-state index in [2.05, 4.69) is 60.1 Å². The van der Waals surface area contributed by atoms with Crippen LogP contribution in [0.25, 0.3) is 0 Å². The average molecular weight is 307 g/mol. The van der Waals surface area contributed by atoms with Crippen LogP contribution in [0.4, 0.5) is 0 Å². The molecule has 0 radical (unpaired) electrons. The molecule has 0 heterocycles. The lowest BCUT2D eigenvalue weighted by Crippen LogP contribution is -2.24. The summed E-state index contributed by atoms with van der Waals surface area (Å²) in [7, 11) is 0. The van der Waals surface area contributed by atoms with Gasteiger partial charge in [0.15, 0.2) is 0 Å². The summed E-state index contributed by atoms with van der Waals surface area (Å²) in [4.78, 5) is 0. The molecule has 0 nitrogen and oxygen atoms in total. The second-order valence-corrected chi connectivity index (χ2v) is 7.33. The highest BCUT2D eigenvalue weighted by Gasteiger charge is 2.72. The Hall–Kier alpha value is -0.300. The Balaban J connectivity index is 1.98. The highest BCUT2D eigenvalue weighted by atomic mass is 79.9. The maximum Gasteiger partial charge on any atom is 0.00707 e. The molecule has 0 aromatic heterocycles. The maximum atomic E-state index is 3.76. The van der Waals surface area contributed by atoms with Gasteiger partial charge in [-0.25, -0.2) is 0 Å². The fraction of sp³-hybridized carbons (Fsp3) is 0.647. The van der Waals surface area contributed by atoms with Gasteiger partial charge < -0.3 is 0 Å². The normalized spacial score (nSPS) is 37.7. The molecule has 0 N–H and O–H groups in total. The quantitative estimate of drug-likeness (QED) is 0.643. The van der Waals surface area contributed by atoms with Crippen LogP contribution in [-0.2, 0) is 0 Å². The third-order valence-electron chi connectivity index (χ3n) is 5.92. The molecule has 3 atom stereocenters. The first-order valence-electron chi connectivity index (χ1n) is 7.25. The van der Waals surface area contributed by atoms with E-state index in [1.54, 1.807) is 5.56 Å². The van der Waals surface area contributed by atoms with Crippen molar-refractivity contribution in [3.05, 3.63) is 35.9 Å². The topological polar surface area (TPSA) is 0 Å². The summed E-state index contributed by atoms with van der Waals surface area (Å²) in [5.74, 6) is 1.64. The van der Waals surface area contributed by atoms with E-state index in [-0.39, 0.29) is 0 Å². The molecule has 1 heteroatoms. The Morgan fingerprint density at radius 2 is 1.89 bits per heavy atom. The molecule has 1 aromatic rings. The molecular weight excluding hydrogens is 284 g/mol. The zero-order valence-corrected chi connectivity index (χ0v) is 13.0. The van der Waals surface area contributed by atoms with Crippen molar-refractivity contribution >= 4 is 15.9 Å². The molecule has 0 saturated heterocycles. The molecule has 3 unspecified atom stereocenters. The summed E-state index contributed by atoms with van der Waals surface area (Å²) < 4.78 is 0. The molecule has 2 aliphatic carbocycles. The van der Waals surface area contributed by atoms with E-state index < -0.39 is 0 Å². The molecule has 18 heavy (non-hydrogen) atoms. The van der Waals surface area contributed by atoms with Gasteiger partial charge in [-0.05, 0) is 41.1 Å². The molecule has 2 aliphatic rings. The number of hydrogen-bond acceptors (Lipinski definition) is 0. The van der Waals surface area contributed by atoms with Crippen LogP contribution in [0.2, 0.25) is 0 Å². The average Bonchev–Trinajstić information content (AvgIpc) is 2.86. The van der Waals surface area contributed by atoms with Gasteiger partial charge in [0, 0.05) is 5.33 Å². The first kappa shape index (κ1) is 12.7. The largest absolute Gasteiger partial charge is 0.0925 e. The summed E-state index contributed by atoms with van der Waals surface area (Å²) in [6.45, 7) is 4.97. The van der Waals surface area contributed by atoms with Crippen molar-refractivity contribution in [2.45, 2.75) is 45.4 Å². The molecule has 98 valence electrons. The summed E-state index contributed by atoms with van der Waals surface area (Å²) in [6, 6.07) is 11.2.